The molecule has 1 heterocycles. The number of nitrogens with one attached hydrogen (secondary N) is 1. The lowest BCUT2D eigenvalue weighted by Crippen LogP contribution is -2.46. The summed E-state index contributed by atoms with van der Waals surface area (Å²) in [7, 11) is 0. The SMILES string of the molecule is CCOC(=O)NC[C@@H](CC)C(=O)N1CCC2(c3ccccc3)C(C1)C2(F)F. The normalized spacial score (nSPS) is 26.7. The summed E-state index contributed by atoms with van der Waals surface area (Å²) < 4.78 is 34.2. The first-order chi connectivity index (χ1) is 12.9. The van der Waals surface area contributed by atoms with Gasteiger partial charge in [0.15, 0.2) is 0 Å². The van der Waals surface area contributed by atoms with Crippen molar-refractivity contribution < 1.29 is 23.1 Å². The molecule has 2 aliphatic rings. The summed E-state index contributed by atoms with van der Waals surface area (Å²) in [6.45, 7) is 4.30. The van der Waals surface area contributed by atoms with Gasteiger partial charge in [0, 0.05) is 19.6 Å². The molecular weight excluding hydrogens is 354 g/mol. The second-order valence-corrected chi connectivity index (χ2v) is 7.25. The first kappa shape index (κ1) is 19.6. The monoisotopic (exact) mass is 380 g/mol. The van der Waals surface area contributed by atoms with Crippen LogP contribution in [0.15, 0.2) is 30.3 Å². The van der Waals surface area contributed by atoms with Crippen LogP contribution < -0.4 is 5.32 Å². The highest BCUT2D eigenvalue weighted by Gasteiger charge is 2.81. The Kier molecular flexibility index (Phi) is 5.40. The molecular formula is C20H26F2N2O3. The number of hydrogen-bond acceptors (Lipinski definition) is 3. The first-order valence-corrected chi connectivity index (χ1v) is 9.51. The number of fused-ring (bicyclic) bond motifs is 1. The maximum absolute atomic E-state index is 14.7. The van der Waals surface area contributed by atoms with Gasteiger partial charge in [0.25, 0.3) is 5.92 Å². The van der Waals surface area contributed by atoms with Crippen LogP contribution in [0, 0.1) is 11.8 Å². The maximum Gasteiger partial charge on any atom is 0.407 e. The zero-order valence-electron chi connectivity index (χ0n) is 15.7. The van der Waals surface area contributed by atoms with Crippen LogP contribution in [-0.2, 0) is 14.9 Å². The van der Waals surface area contributed by atoms with Gasteiger partial charge in [-0.2, -0.15) is 0 Å². The molecule has 1 aromatic rings. The molecule has 0 spiro atoms. The number of likely N-dealkylation sites (tertiary alicyclic amines) is 1. The highest BCUT2D eigenvalue weighted by molar-refractivity contribution is 5.80. The van der Waals surface area contributed by atoms with Crippen LogP contribution >= 0.6 is 0 Å². The van der Waals surface area contributed by atoms with Crippen LogP contribution in [-0.4, -0.2) is 49.1 Å². The van der Waals surface area contributed by atoms with E-state index in [4.69, 9.17) is 4.74 Å². The number of piperidine rings is 1. The summed E-state index contributed by atoms with van der Waals surface area (Å²) in [6, 6.07) is 8.88. The second-order valence-electron chi connectivity index (χ2n) is 7.25. The fraction of sp³-hybridized carbons (Fsp3) is 0.600. The molecule has 5 nitrogen and oxygen atoms in total. The number of carbonyl (C=O) groups excluding carboxylic acids is 2. The quantitative estimate of drug-likeness (QED) is 0.825. The van der Waals surface area contributed by atoms with Crippen LogP contribution in [0.2, 0.25) is 0 Å². The van der Waals surface area contributed by atoms with Gasteiger partial charge in [-0.3, -0.25) is 4.79 Å². The van der Waals surface area contributed by atoms with Gasteiger partial charge in [-0.25, -0.2) is 13.6 Å². The minimum atomic E-state index is -2.80. The third kappa shape index (κ3) is 3.28. The van der Waals surface area contributed by atoms with E-state index in [2.05, 4.69) is 5.32 Å². The maximum atomic E-state index is 14.7. The highest BCUT2D eigenvalue weighted by Crippen LogP contribution is 2.70. The molecule has 2 amide bonds. The van der Waals surface area contributed by atoms with Crippen molar-refractivity contribution in [1.29, 1.82) is 0 Å². The van der Waals surface area contributed by atoms with Gasteiger partial charge in [-0.15, -0.1) is 0 Å². The molecule has 1 saturated heterocycles. The summed E-state index contributed by atoms with van der Waals surface area (Å²) >= 11 is 0. The fourth-order valence-electron chi connectivity index (χ4n) is 4.29. The third-order valence-corrected chi connectivity index (χ3v) is 5.93. The van der Waals surface area contributed by atoms with E-state index >= 15 is 0 Å². The van der Waals surface area contributed by atoms with E-state index < -0.39 is 29.3 Å². The van der Waals surface area contributed by atoms with Crippen molar-refractivity contribution in [2.75, 3.05) is 26.2 Å². The van der Waals surface area contributed by atoms with E-state index in [9.17, 15) is 18.4 Å². The zero-order valence-corrected chi connectivity index (χ0v) is 15.7. The number of hydrogen-bond donors (Lipinski definition) is 1. The van der Waals surface area contributed by atoms with E-state index in [1.165, 1.54) is 4.90 Å². The van der Waals surface area contributed by atoms with Gasteiger partial charge >= 0.3 is 6.09 Å². The molecule has 0 radical (unpaired) electrons. The lowest BCUT2D eigenvalue weighted by Gasteiger charge is -2.33. The molecule has 3 atom stereocenters. The van der Waals surface area contributed by atoms with Gasteiger partial charge in [0.2, 0.25) is 5.91 Å². The Morgan fingerprint density at radius 1 is 1.30 bits per heavy atom. The number of rotatable bonds is 6. The summed E-state index contributed by atoms with van der Waals surface area (Å²) in [5.41, 5.74) is -0.487. The van der Waals surface area contributed by atoms with Crippen molar-refractivity contribution in [3.8, 4) is 0 Å². The number of halogens is 2. The van der Waals surface area contributed by atoms with Crippen molar-refractivity contribution in [3.63, 3.8) is 0 Å². The van der Waals surface area contributed by atoms with E-state index in [0.29, 0.717) is 18.5 Å². The largest absolute Gasteiger partial charge is 0.450 e. The molecule has 3 rings (SSSR count). The van der Waals surface area contributed by atoms with Crippen molar-refractivity contribution in [2.24, 2.45) is 11.8 Å². The van der Waals surface area contributed by atoms with Gasteiger partial charge in [-0.05, 0) is 25.3 Å². The van der Waals surface area contributed by atoms with Gasteiger partial charge in [0.1, 0.15) is 0 Å². The Bertz CT molecular complexity index is 698. The van der Waals surface area contributed by atoms with E-state index in [-0.39, 0.29) is 32.0 Å². The predicted octanol–water partition coefficient (Wildman–Crippen LogP) is 3.19. The number of ether oxygens (including phenoxy) is 1. The van der Waals surface area contributed by atoms with E-state index in [1.54, 1.807) is 31.2 Å². The summed E-state index contributed by atoms with van der Waals surface area (Å²) in [4.78, 5) is 25.8. The van der Waals surface area contributed by atoms with Crippen LogP contribution in [0.25, 0.3) is 0 Å². The molecule has 0 aromatic heterocycles. The van der Waals surface area contributed by atoms with Crippen LogP contribution in [0.1, 0.15) is 32.3 Å². The molecule has 1 aliphatic heterocycles. The number of nitrogens with zero attached hydrogens (tertiary/aromatic N) is 1. The first-order valence-electron chi connectivity index (χ1n) is 9.51. The lowest BCUT2D eigenvalue weighted by molar-refractivity contribution is -0.136. The van der Waals surface area contributed by atoms with Crippen molar-refractivity contribution in [2.45, 2.75) is 38.0 Å². The van der Waals surface area contributed by atoms with E-state index in [0.717, 1.165) is 0 Å². The van der Waals surface area contributed by atoms with Crippen LogP contribution in [0.4, 0.5) is 13.6 Å². The molecule has 27 heavy (non-hydrogen) atoms. The highest BCUT2D eigenvalue weighted by atomic mass is 19.3. The zero-order chi connectivity index (χ0) is 19.7. The Labute approximate surface area is 158 Å². The smallest absolute Gasteiger partial charge is 0.407 e. The molecule has 0 bridgehead atoms. The Morgan fingerprint density at radius 3 is 2.59 bits per heavy atom. The van der Waals surface area contributed by atoms with Gasteiger partial charge in [-0.1, -0.05) is 37.3 Å². The average molecular weight is 380 g/mol. The molecule has 148 valence electrons. The van der Waals surface area contributed by atoms with Crippen molar-refractivity contribution in [1.82, 2.24) is 10.2 Å². The van der Waals surface area contributed by atoms with E-state index in [1.807, 2.05) is 13.0 Å². The Morgan fingerprint density at radius 2 is 2.00 bits per heavy atom. The van der Waals surface area contributed by atoms with Crippen molar-refractivity contribution >= 4 is 12.0 Å². The summed E-state index contributed by atoms with van der Waals surface area (Å²) in [5, 5.41) is 2.57. The number of carbonyl (C=O) groups is 2. The third-order valence-electron chi connectivity index (χ3n) is 5.93. The molecule has 1 aliphatic carbocycles. The molecule has 1 saturated carbocycles. The molecule has 1 N–H and O–H groups in total. The molecule has 7 heteroatoms. The van der Waals surface area contributed by atoms with Crippen LogP contribution in [0.5, 0.6) is 0 Å². The number of alkyl carbamates (subject to hydrolysis) is 1. The predicted molar refractivity (Wildman–Crippen MR) is 96.6 cm³/mol. The minimum Gasteiger partial charge on any atom is -0.450 e. The number of alkyl halides is 2. The molecule has 2 fully saturated rings. The number of amides is 2. The lowest BCUT2D eigenvalue weighted by atomic mass is 9.86. The summed E-state index contributed by atoms with van der Waals surface area (Å²) in [5.74, 6) is -4.26. The average Bonchev–Trinajstić information content (AvgIpc) is 3.19. The Hall–Kier alpha value is -2.18. The minimum absolute atomic E-state index is 0.0522. The van der Waals surface area contributed by atoms with Crippen molar-refractivity contribution in [3.05, 3.63) is 35.9 Å². The number of benzene rings is 1. The molecule has 2 unspecified atom stereocenters. The van der Waals surface area contributed by atoms with Gasteiger partial charge in [0.05, 0.1) is 23.9 Å². The standard InChI is InChI=1S/C20H26F2N2O3/c1-3-14(12-23-18(26)27-4-2)17(25)24-11-10-19(15-8-6-5-7-9-15)16(13-24)20(19,21)22/h5-9,14,16H,3-4,10-13H2,1-2H3,(H,23,26)/t14-,16?,19?/m1/s1. The van der Waals surface area contributed by atoms with Crippen LogP contribution in [0.3, 0.4) is 0 Å². The Balaban J connectivity index is 1.65. The second kappa shape index (κ2) is 7.44. The fourth-order valence-corrected chi connectivity index (χ4v) is 4.29. The van der Waals surface area contributed by atoms with Gasteiger partial charge < -0.3 is 15.0 Å². The topological polar surface area (TPSA) is 58.6 Å². The summed E-state index contributed by atoms with van der Waals surface area (Å²) in [6.07, 6.45) is 0.202. The molecule has 1 aromatic carbocycles.